The summed E-state index contributed by atoms with van der Waals surface area (Å²) in [5.41, 5.74) is 1.54. The van der Waals surface area contributed by atoms with E-state index in [0.29, 0.717) is 0 Å². The average Bonchev–Trinajstić information content (AvgIpc) is 2.41. The van der Waals surface area contributed by atoms with Crippen molar-refractivity contribution in [2.75, 3.05) is 32.8 Å². The van der Waals surface area contributed by atoms with E-state index < -0.39 is 0 Å². The van der Waals surface area contributed by atoms with E-state index in [1.807, 2.05) is 0 Å². The third-order valence-corrected chi connectivity index (χ3v) is 3.60. The van der Waals surface area contributed by atoms with Crippen molar-refractivity contribution >= 4 is 0 Å². The molecule has 0 radical (unpaired) electrons. The van der Waals surface area contributed by atoms with Gasteiger partial charge in [-0.15, -0.1) is 0 Å². The van der Waals surface area contributed by atoms with Gasteiger partial charge in [0.15, 0.2) is 0 Å². The van der Waals surface area contributed by atoms with Gasteiger partial charge in [-0.25, -0.2) is 0 Å². The quantitative estimate of drug-likeness (QED) is 0.861. The fourth-order valence-electron chi connectivity index (χ4n) is 2.39. The van der Waals surface area contributed by atoms with Gasteiger partial charge < -0.3 is 10.1 Å². The molecule has 1 aliphatic rings. The van der Waals surface area contributed by atoms with Gasteiger partial charge in [0.05, 0.1) is 13.2 Å². The summed E-state index contributed by atoms with van der Waals surface area (Å²) in [6.45, 7) is 10.4. The third-order valence-electron chi connectivity index (χ3n) is 3.60. The monoisotopic (exact) mass is 248 g/mol. The zero-order valence-corrected chi connectivity index (χ0v) is 11.5. The normalized spacial score (nSPS) is 17.9. The van der Waals surface area contributed by atoms with Crippen molar-refractivity contribution in [1.82, 2.24) is 10.2 Å². The van der Waals surface area contributed by atoms with Crippen molar-refractivity contribution in [3.8, 4) is 0 Å². The molecule has 0 spiro atoms. The molecular formula is C15H24N2O. The Balaban J connectivity index is 1.77. The smallest absolute Gasteiger partial charge is 0.0594 e. The molecule has 0 unspecified atom stereocenters. The second-order valence-corrected chi connectivity index (χ2v) is 5.50. The lowest BCUT2D eigenvalue weighted by atomic mass is 10.0. The minimum atomic E-state index is 0.193. The fourth-order valence-corrected chi connectivity index (χ4v) is 2.39. The maximum absolute atomic E-state index is 5.41. The molecule has 0 bridgehead atoms. The predicted molar refractivity (Wildman–Crippen MR) is 74.6 cm³/mol. The van der Waals surface area contributed by atoms with E-state index in [2.05, 4.69) is 54.4 Å². The summed E-state index contributed by atoms with van der Waals surface area (Å²) in [7, 11) is 0. The van der Waals surface area contributed by atoms with Crippen molar-refractivity contribution in [3.63, 3.8) is 0 Å². The van der Waals surface area contributed by atoms with E-state index in [-0.39, 0.29) is 5.54 Å². The molecule has 0 aromatic heterocycles. The zero-order chi connectivity index (χ0) is 12.8. The van der Waals surface area contributed by atoms with E-state index in [0.717, 1.165) is 39.4 Å². The van der Waals surface area contributed by atoms with E-state index in [1.54, 1.807) is 0 Å². The van der Waals surface area contributed by atoms with Gasteiger partial charge in [-0.1, -0.05) is 30.3 Å². The molecule has 1 aromatic rings. The van der Waals surface area contributed by atoms with Crippen LogP contribution < -0.4 is 5.32 Å². The highest BCUT2D eigenvalue weighted by Gasteiger charge is 2.27. The van der Waals surface area contributed by atoms with Crippen LogP contribution in [0.4, 0.5) is 0 Å². The van der Waals surface area contributed by atoms with Crippen LogP contribution >= 0.6 is 0 Å². The van der Waals surface area contributed by atoms with Crippen LogP contribution in [0.3, 0.4) is 0 Å². The molecule has 1 heterocycles. The molecule has 1 aromatic carbocycles. The molecule has 0 saturated carbocycles. The van der Waals surface area contributed by atoms with Crippen molar-refractivity contribution in [2.45, 2.75) is 25.9 Å². The molecule has 0 aliphatic carbocycles. The molecule has 0 atom stereocenters. The van der Waals surface area contributed by atoms with Crippen molar-refractivity contribution < 1.29 is 4.74 Å². The van der Waals surface area contributed by atoms with Gasteiger partial charge in [0.25, 0.3) is 0 Å². The van der Waals surface area contributed by atoms with Crippen LogP contribution in [-0.4, -0.2) is 43.3 Å². The molecule has 1 aliphatic heterocycles. The highest BCUT2D eigenvalue weighted by atomic mass is 16.5. The molecule has 2 rings (SSSR count). The Morgan fingerprint density at radius 2 is 1.83 bits per heavy atom. The second kappa shape index (κ2) is 6.32. The first kappa shape index (κ1) is 13.5. The first-order chi connectivity index (χ1) is 8.68. The molecule has 3 nitrogen and oxygen atoms in total. The number of benzene rings is 1. The van der Waals surface area contributed by atoms with Gasteiger partial charge in [-0.05, 0) is 19.4 Å². The lowest BCUT2D eigenvalue weighted by Gasteiger charge is -2.41. The van der Waals surface area contributed by atoms with E-state index in [1.165, 1.54) is 5.56 Å². The SMILES string of the molecule is CC(C)(CNCc1ccccc1)N1CCOCC1. The predicted octanol–water partition coefficient (Wildman–Crippen LogP) is 1.89. The minimum absolute atomic E-state index is 0.193. The van der Waals surface area contributed by atoms with E-state index in [9.17, 15) is 0 Å². The van der Waals surface area contributed by atoms with E-state index in [4.69, 9.17) is 4.74 Å². The van der Waals surface area contributed by atoms with Gasteiger partial charge in [0, 0.05) is 31.7 Å². The van der Waals surface area contributed by atoms with Gasteiger partial charge in [0.2, 0.25) is 0 Å². The molecule has 1 saturated heterocycles. The largest absolute Gasteiger partial charge is 0.379 e. The van der Waals surface area contributed by atoms with Crippen LogP contribution in [-0.2, 0) is 11.3 Å². The van der Waals surface area contributed by atoms with Crippen molar-refractivity contribution in [1.29, 1.82) is 0 Å². The molecular weight excluding hydrogens is 224 g/mol. The summed E-state index contributed by atoms with van der Waals surface area (Å²) in [5, 5.41) is 3.56. The first-order valence-electron chi connectivity index (χ1n) is 6.76. The Hall–Kier alpha value is -0.900. The minimum Gasteiger partial charge on any atom is -0.379 e. The first-order valence-corrected chi connectivity index (χ1v) is 6.76. The molecule has 3 heteroatoms. The average molecular weight is 248 g/mol. The highest BCUT2D eigenvalue weighted by molar-refractivity contribution is 5.14. The van der Waals surface area contributed by atoms with Crippen LogP contribution in [0.5, 0.6) is 0 Å². The summed E-state index contributed by atoms with van der Waals surface area (Å²) in [5.74, 6) is 0. The molecule has 1 N–H and O–H groups in total. The lowest BCUT2D eigenvalue weighted by molar-refractivity contribution is -0.00966. The topological polar surface area (TPSA) is 24.5 Å². The summed E-state index contributed by atoms with van der Waals surface area (Å²) >= 11 is 0. The van der Waals surface area contributed by atoms with Gasteiger partial charge >= 0.3 is 0 Å². The summed E-state index contributed by atoms with van der Waals surface area (Å²) in [6, 6.07) is 10.6. The van der Waals surface area contributed by atoms with Crippen LogP contribution in [0.1, 0.15) is 19.4 Å². The number of rotatable bonds is 5. The molecule has 100 valence electrons. The van der Waals surface area contributed by atoms with Gasteiger partial charge in [-0.2, -0.15) is 0 Å². The Morgan fingerprint density at radius 1 is 1.17 bits per heavy atom. The number of nitrogens with one attached hydrogen (secondary N) is 1. The van der Waals surface area contributed by atoms with Crippen LogP contribution in [0.15, 0.2) is 30.3 Å². The maximum atomic E-state index is 5.41. The number of nitrogens with zero attached hydrogens (tertiary/aromatic N) is 1. The Labute approximate surface area is 110 Å². The number of hydrogen-bond donors (Lipinski definition) is 1. The maximum Gasteiger partial charge on any atom is 0.0594 e. The summed E-state index contributed by atoms with van der Waals surface area (Å²) < 4.78 is 5.41. The van der Waals surface area contributed by atoms with Crippen LogP contribution in [0, 0.1) is 0 Å². The zero-order valence-electron chi connectivity index (χ0n) is 11.5. The third kappa shape index (κ3) is 3.80. The molecule has 0 amide bonds. The van der Waals surface area contributed by atoms with Crippen LogP contribution in [0.2, 0.25) is 0 Å². The number of ether oxygens (including phenoxy) is 1. The van der Waals surface area contributed by atoms with Crippen LogP contribution in [0.25, 0.3) is 0 Å². The Bertz CT molecular complexity index is 345. The highest BCUT2D eigenvalue weighted by Crippen LogP contribution is 2.15. The molecule has 1 fully saturated rings. The summed E-state index contributed by atoms with van der Waals surface area (Å²) in [4.78, 5) is 2.51. The summed E-state index contributed by atoms with van der Waals surface area (Å²) in [6.07, 6.45) is 0. The fraction of sp³-hybridized carbons (Fsp3) is 0.600. The standard InChI is InChI=1S/C15H24N2O/c1-15(2,17-8-10-18-11-9-17)13-16-12-14-6-4-3-5-7-14/h3-7,16H,8-13H2,1-2H3. The lowest BCUT2D eigenvalue weighted by Crippen LogP contribution is -2.54. The number of morpholine rings is 1. The van der Waals surface area contributed by atoms with Gasteiger partial charge in [0.1, 0.15) is 0 Å². The van der Waals surface area contributed by atoms with Crippen molar-refractivity contribution in [2.24, 2.45) is 0 Å². The van der Waals surface area contributed by atoms with E-state index >= 15 is 0 Å². The van der Waals surface area contributed by atoms with Gasteiger partial charge in [-0.3, -0.25) is 4.90 Å². The number of hydrogen-bond acceptors (Lipinski definition) is 3. The Kier molecular flexibility index (Phi) is 4.75. The Morgan fingerprint density at radius 3 is 2.50 bits per heavy atom. The second-order valence-electron chi connectivity index (χ2n) is 5.50. The molecule has 18 heavy (non-hydrogen) atoms. The van der Waals surface area contributed by atoms with Crippen molar-refractivity contribution in [3.05, 3.63) is 35.9 Å².